The normalized spacial score (nSPS) is 18.2. The number of amides is 1. The van der Waals surface area contributed by atoms with Gasteiger partial charge in [0, 0.05) is 10.4 Å². The molecule has 1 atom stereocenters. The Balaban J connectivity index is 1.89. The maximum atomic E-state index is 15.2. The van der Waals surface area contributed by atoms with E-state index in [9.17, 15) is 13.2 Å². The molecule has 0 bridgehead atoms. The summed E-state index contributed by atoms with van der Waals surface area (Å²) in [6.07, 6.45) is 0. The molecule has 11 heteroatoms. The Morgan fingerprint density at radius 1 is 1.21 bits per heavy atom. The van der Waals surface area contributed by atoms with Gasteiger partial charge in [-0.1, -0.05) is 55.8 Å². The first-order valence-electron chi connectivity index (χ1n) is 10.1. The number of nitrogens with zero attached hydrogens (tertiary/aromatic N) is 3. The molecular formula is C22H22ClFN4O3S2. The average molecular weight is 509 g/mol. The van der Waals surface area contributed by atoms with Gasteiger partial charge < -0.3 is 10.6 Å². The number of sulfone groups is 1. The van der Waals surface area contributed by atoms with Gasteiger partial charge in [0.1, 0.15) is 10.8 Å². The molecule has 0 saturated heterocycles. The lowest BCUT2D eigenvalue weighted by atomic mass is 9.98. The Kier molecular flexibility index (Phi) is 6.06. The monoisotopic (exact) mass is 508 g/mol. The van der Waals surface area contributed by atoms with Crippen molar-refractivity contribution in [1.29, 1.82) is 0 Å². The molecule has 0 spiro atoms. The van der Waals surface area contributed by atoms with E-state index in [0.29, 0.717) is 20.6 Å². The van der Waals surface area contributed by atoms with E-state index in [1.54, 1.807) is 24.3 Å². The zero-order chi connectivity index (χ0) is 24.1. The van der Waals surface area contributed by atoms with E-state index in [0.717, 1.165) is 6.07 Å². The van der Waals surface area contributed by atoms with E-state index in [-0.39, 0.29) is 28.1 Å². The van der Waals surface area contributed by atoms with Crippen LogP contribution in [0.5, 0.6) is 0 Å². The van der Waals surface area contributed by atoms with Gasteiger partial charge in [-0.2, -0.15) is 0 Å². The van der Waals surface area contributed by atoms with Crippen LogP contribution in [-0.4, -0.2) is 36.3 Å². The first-order valence-corrected chi connectivity index (χ1v) is 12.9. The van der Waals surface area contributed by atoms with E-state index >= 15 is 4.39 Å². The molecule has 2 heterocycles. The number of anilines is 1. The highest BCUT2D eigenvalue weighted by Crippen LogP contribution is 2.39. The fraction of sp³-hybridized carbons (Fsp3) is 0.318. The van der Waals surface area contributed by atoms with Crippen molar-refractivity contribution in [3.8, 4) is 10.6 Å². The maximum Gasteiger partial charge on any atom is 0.245 e. The van der Waals surface area contributed by atoms with Crippen molar-refractivity contribution in [1.82, 2.24) is 10.2 Å². The Labute approximate surface area is 200 Å². The highest BCUT2D eigenvalue weighted by molar-refractivity contribution is 7.91. The van der Waals surface area contributed by atoms with Crippen molar-refractivity contribution in [2.75, 3.05) is 10.7 Å². The summed E-state index contributed by atoms with van der Waals surface area (Å²) in [5.74, 6) is -1.94. The number of benzene rings is 2. The minimum Gasteiger partial charge on any atom is -0.319 e. The van der Waals surface area contributed by atoms with Crippen LogP contribution >= 0.6 is 22.9 Å². The van der Waals surface area contributed by atoms with Gasteiger partial charge in [0.2, 0.25) is 5.91 Å². The van der Waals surface area contributed by atoms with Gasteiger partial charge in [0.25, 0.3) is 0 Å². The lowest BCUT2D eigenvalue weighted by Crippen LogP contribution is -2.45. The van der Waals surface area contributed by atoms with Crippen LogP contribution in [-0.2, 0) is 26.6 Å². The molecule has 1 aromatic heterocycles. The van der Waals surface area contributed by atoms with Crippen LogP contribution in [0, 0.1) is 5.82 Å². The van der Waals surface area contributed by atoms with Gasteiger partial charge in [-0.25, -0.2) is 12.8 Å². The minimum absolute atomic E-state index is 0.0423. The van der Waals surface area contributed by atoms with Crippen LogP contribution < -0.4 is 10.6 Å². The van der Waals surface area contributed by atoms with Crippen molar-refractivity contribution >= 4 is 44.4 Å². The molecule has 0 radical (unpaired) electrons. The van der Waals surface area contributed by atoms with Crippen LogP contribution in [0.4, 0.5) is 10.1 Å². The second-order valence-corrected chi connectivity index (χ2v) is 12.3. The summed E-state index contributed by atoms with van der Waals surface area (Å²) < 4.78 is 41.1. The molecule has 174 valence electrons. The Hall–Kier alpha value is -2.40. The summed E-state index contributed by atoms with van der Waals surface area (Å²) in [5.41, 5.74) is 6.49. The summed E-state index contributed by atoms with van der Waals surface area (Å²) in [7, 11) is -4.01. The summed E-state index contributed by atoms with van der Waals surface area (Å²) >= 11 is 7.17. The summed E-state index contributed by atoms with van der Waals surface area (Å²) in [6.45, 7) is 5.93. The molecule has 7 nitrogen and oxygen atoms in total. The molecule has 1 amide bonds. The van der Waals surface area contributed by atoms with Crippen molar-refractivity contribution in [3.63, 3.8) is 0 Å². The molecule has 3 aromatic rings. The topological polar surface area (TPSA) is 106 Å². The standard InChI is InChI=1S/C22H22ClFN4O3S2/c1-22(2,3)21-27-26-19(32-21)14-8-17-18(9-15(14)24)33(30,31)11-16(25)20(29)28(17)10-12-4-6-13(23)7-5-12/h4-9,16H,10-11,25H2,1-3H3/t16-/m0/s1. The maximum absolute atomic E-state index is 15.2. The first kappa shape index (κ1) is 23.7. The summed E-state index contributed by atoms with van der Waals surface area (Å²) in [6, 6.07) is 7.80. The minimum atomic E-state index is -4.01. The predicted molar refractivity (Wildman–Crippen MR) is 127 cm³/mol. The van der Waals surface area contributed by atoms with E-state index in [4.69, 9.17) is 17.3 Å². The molecule has 1 aliphatic rings. The fourth-order valence-electron chi connectivity index (χ4n) is 3.45. The highest BCUT2D eigenvalue weighted by Gasteiger charge is 2.37. The van der Waals surface area contributed by atoms with Crippen LogP contribution in [0.2, 0.25) is 5.02 Å². The van der Waals surface area contributed by atoms with Gasteiger partial charge in [0.15, 0.2) is 14.8 Å². The number of hydrogen-bond acceptors (Lipinski definition) is 7. The SMILES string of the molecule is CC(C)(C)c1nnc(-c2cc3c(cc2F)S(=O)(=O)C[C@H](N)C(=O)N3Cc2ccc(Cl)cc2)s1. The summed E-state index contributed by atoms with van der Waals surface area (Å²) in [4.78, 5) is 14.1. The molecule has 0 fully saturated rings. The smallest absolute Gasteiger partial charge is 0.245 e. The number of nitrogens with two attached hydrogens (primary N) is 1. The van der Waals surface area contributed by atoms with Crippen LogP contribution in [0.15, 0.2) is 41.3 Å². The van der Waals surface area contributed by atoms with E-state index in [2.05, 4.69) is 10.2 Å². The first-order chi connectivity index (χ1) is 15.4. The zero-order valence-electron chi connectivity index (χ0n) is 18.2. The molecule has 2 aromatic carbocycles. The molecule has 0 unspecified atom stereocenters. The van der Waals surface area contributed by atoms with Crippen LogP contribution in [0.3, 0.4) is 0 Å². The number of hydrogen-bond donors (Lipinski definition) is 1. The van der Waals surface area contributed by atoms with E-state index < -0.39 is 33.4 Å². The number of carbonyl (C=O) groups excluding carboxylic acids is 1. The quantitative estimate of drug-likeness (QED) is 0.574. The number of halogens is 2. The largest absolute Gasteiger partial charge is 0.319 e. The van der Waals surface area contributed by atoms with Crippen molar-refractivity contribution in [2.45, 2.75) is 43.7 Å². The lowest BCUT2D eigenvalue weighted by Gasteiger charge is -2.24. The molecular weight excluding hydrogens is 487 g/mol. The van der Waals surface area contributed by atoms with E-state index in [1.165, 1.54) is 22.3 Å². The Bertz CT molecular complexity index is 1330. The third-order valence-electron chi connectivity index (χ3n) is 5.21. The van der Waals surface area contributed by atoms with Crippen LogP contribution in [0.1, 0.15) is 31.3 Å². The third kappa shape index (κ3) is 4.65. The van der Waals surface area contributed by atoms with E-state index in [1.807, 2.05) is 20.8 Å². The zero-order valence-corrected chi connectivity index (χ0v) is 20.6. The van der Waals surface area contributed by atoms with Gasteiger partial charge in [-0.3, -0.25) is 4.79 Å². The molecule has 1 aliphatic heterocycles. The number of fused-ring (bicyclic) bond motifs is 1. The molecule has 0 aliphatic carbocycles. The van der Waals surface area contributed by atoms with Crippen molar-refractivity contribution < 1.29 is 17.6 Å². The van der Waals surface area contributed by atoms with Crippen LogP contribution in [0.25, 0.3) is 10.6 Å². The van der Waals surface area contributed by atoms with Gasteiger partial charge in [-0.05, 0) is 29.8 Å². The Morgan fingerprint density at radius 2 is 1.88 bits per heavy atom. The second-order valence-electron chi connectivity index (χ2n) is 8.90. The number of aromatic nitrogens is 2. The lowest BCUT2D eigenvalue weighted by molar-refractivity contribution is -0.119. The van der Waals surface area contributed by atoms with Crippen molar-refractivity contribution in [3.05, 3.63) is 57.8 Å². The average Bonchev–Trinajstić information content (AvgIpc) is 3.21. The highest BCUT2D eigenvalue weighted by atomic mass is 35.5. The number of carbonyl (C=O) groups is 1. The molecule has 4 rings (SSSR count). The Morgan fingerprint density at radius 3 is 2.48 bits per heavy atom. The molecule has 0 saturated carbocycles. The second kappa shape index (κ2) is 8.43. The molecule has 33 heavy (non-hydrogen) atoms. The fourth-order valence-corrected chi connectivity index (χ4v) is 6.07. The third-order valence-corrected chi connectivity index (χ3v) is 8.64. The van der Waals surface area contributed by atoms with Gasteiger partial charge >= 0.3 is 0 Å². The predicted octanol–water partition coefficient (Wildman–Crippen LogP) is 3.94. The van der Waals surface area contributed by atoms with Gasteiger partial charge in [0.05, 0.1) is 34.5 Å². The number of rotatable bonds is 3. The summed E-state index contributed by atoms with van der Waals surface area (Å²) in [5, 5.41) is 9.79. The molecule has 2 N–H and O–H groups in total. The van der Waals surface area contributed by atoms with Gasteiger partial charge in [-0.15, -0.1) is 10.2 Å². The van der Waals surface area contributed by atoms with Crippen molar-refractivity contribution in [2.24, 2.45) is 5.73 Å².